The van der Waals surface area contributed by atoms with E-state index >= 15 is 0 Å². The van der Waals surface area contributed by atoms with Crippen molar-refractivity contribution in [2.75, 3.05) is 7.11 Å². The molecule has 0 unspecified atom stereocenters. The van der Waals surface area contributed by atoms with Crippen LogP contribution in [0, 0.1) is 0 Å². The standard InChI is InChI=1S/C19H14ClN5O2S2/c1-27-13-8-11(7-12(26)9-13)17-23-19(25-24-17)29-16-10-15(20)21-18(22-16)28-14-5-3-2-4-6-14/h2-10,26H,1H3,(H,23,24,25). The normalized spacial score (nSPS) is 10.8. The second kappa shape index (κ2) is 8.73. The van der Waals surface area contributed by atoms with Crippen LogP contribution in [-0.2, 0) is 0 Å². The molecule has 2 aromatic heterocycles. The summed E-state index contributed by atoms with van der Waals surface area (Å²) in [5.41, 5.74) is 0.655. The van der Waals surface area contributed by atoms with Gasteiger partial charge in [-0.15, -0.1) is 5.10 Å². The number of aromatic hydroxyl groups is 1. The molecule has 2 heterocycles. The molecular weight excluding hydrogens is 430 g/mol. The molecule has 0 radical (unpaired) electrons. The van der Waals surface area contributed by atoms with E-state index in [1.165, 1.54) is 36.7 Å². The lowest BCUT2D eigenvalue weighted by atomic mass is 10.2. The average molecular weight is 444 g/mol. The van der Waals surface area contributed by atoms with E-state index in [9.17, 15) is 5.11 Å². The molecule has 0 fully saturated rings. The van der Waals surface area contributed by atoms with Gasteiger partial charge in [0, 0.05) is 22.6 Å². The first-order valence-corrected chi connectivity index (χ1v) is 10.4. The molecular formula is C19H14ClN5O2S2. The van der Waals surface area contributed by atoms with Crippen LogP contribution in [0.15, 0.2) is 74.8 Å². The Morgan fingerprint density at radius 2 is 1.79 bits per heavy atom. The summed E-state index contributed by atoms with van der Waals surface area (Å²) in [6.07, 6.45) is 0. The molecule has 29 heavy (non-hydrogen) atoms. The van der Waals surface area contributed by atoms with Crippen molar-refractivity contribution < 1.29 is 9.84 Å². The molecule has 2 N–H and O–H groups in total. The van der Waals surface area contributed by atoms with Crippen LogP contribution >= 0.6 is 35.1 Å². The highest BCUT2D eigenvalue weighted by molar-refractivity contribution is 7.99. The number of nitrogens with zero attached hydrogens (tertiary/aromatic N) is 4. The Balaban J connectivity index is 1.55. The van der Waals surface area contributed by atoms with E-state index in [-0.39, 0.29) is 5.75 Å². The van der Waals surface area contributed by atoms with Gasteiger partial charge < -0.3 is 9.84 Å². The van der Waals surface area contributed by atoms with Gasteiger partial charge in [0.2, 0.25) is 5.16 Å². The topological polar surface area (TPSA) is 96.8 Å². The lowest BCUT2D eigenvalue weighted by molar-refractivity contribution is 0.408. The monoisotopic (exact) mass is 443 g/mol. The number of phenolic OH excluding ortho intramolecular Hbond substituents is 1. The Kier molecular flexibility index (Phi) is 5.89. The van der Waals surface area contributed by atoms with Crippen molar-refractivity contribution in [2.45, 2.75) is 20.2 Å². The SMILES string of the molecule is COc1cc(O)cc(-c2nc(Sc3cc(Cl)nc(Sc4ccccc4)n3)n[nH]2)c1. The van der Waals surface area contributed by atoms with Gasteiger partial charge in [-0.05, 0) is 47.8 Å². The van der Waals surface area contributed by atoms with Crippen molar-refractivity contribution in [2.24, 2.45) is 0 Å². The zero-order valence-electron chi connectivity index (χ0n) is 15.0. The Morgan fingerprint density at radius 1 is 0.966 bits per heavy atom. The number of H-pyrrole nitrogens is 1. The molecule has 0 bridgehead atoms. The lowest BCUT2D eigenvalue weighted by Gasteiger charge is -2.03. The maximum absolute atomic E-state index is 9.83. The number of ether oxygens (including phenoxy) is 1. The maximum Gasteiger partial charge on any atom is 0.215 e. The van der Waals surface area contributed by atoms with Crippen LogP contribution in [0.25, 0.3) is 11.4 Å². The summed E-state index contributed by atoms with van der Waals surface area (Å²) in [6.45, 7) is 0. The molecule has 0 atom stereocenters. The number of methoxy groups -OCH3 is 1. The van der Waals surface area contributed by atoms with Crippen LogP contribution in [0.5, 0.6) is 11.5 Å². The van der Waals surface area contributed by atoms with Crippen LogP contribution in [0.2, 0.25) is 5.15 Å². The van der Waals surface area contributed by atoms with Gasteiger partial charge in [-0.3, -0.25) is 5.10 Å². The van der Waals surface area contributed by atoms with Crippen LogP contribution < -0.4 is 4.74 Å². The van der Waals surface area contributed by atoms with Crippen LogP contribution in [0.4, 0.5) is 0 Å². The van der Waals surface area contributed by atoms with Gasteiger partial charge in [0.05, 0.1) is 7.11 Å². The smallest absolute Gasteiger partial charge is 0.215 e. The summed E-state index contributed by atoms with van der Waals surface area (Å²) < 4.78 is 5.17. The second-order valence-corrected chi connectivity index (χ2v) is 8.13. The summed E-state index contributed by atoms with van der Waals surface area (Å²) in [5.74, 6) is 1.10. The fourth-order valence-electron chi connectivity index (χ4n) is 2.42. The number of aromatic nitrogens is 5. The first-order chi connectivity index (χ1) is 14.1. The summed E-state index contributed by atoms with van der Waals surface area (Å²) >= 11 is 8.85. The summed E-state index contributed by atoms with van der Waals surface area (Å²) in [7, 11) is 1.53. The van der Waals surface area contributed by atoms with Gasteiger partial charge in [0.25, 0.3) is 0 Å². The molecule has 4 aromatic rings. The van der Waals surface area contributed by atoms with E-state index in [4.69, 9.17) is 16.3 Å². The van der Waals surface area contributed by atoms with Crippen molar-refractivity contribution in [3.63, 3.8) is 0 Å². The van der Waals surface area contributed by atoms with E-state index in [1.807, 2.05) is 30.3 Å². The van der Waals surface area contributed by atoms with Gasteiger partial charge >= 0.3 is 0 Å². The highest BCUT2D eigenvalue weighted by Crippen LogP contribution is 2.32. The van der Waals surface area contributed by atoms with Gasteiger partial charge in [-0.1, -0.05) is 29.8 Å². The average Bonchev–Trinajstić information content (AvgIpc) is 3.16. The third-order valence-corrected chi connectivity index (χ3v) is 5.51. The zero-order chi connectivity index (χ0) is 20.2. The lowest BCUT2D eigenvalue weighted by Crippen LogP contribution is -1.90. The molecule has 146 valence electrons. The van der Waals surface area contributed by atoms with Crippen molar-refractivity contribution in [3.8, 4) is 22.9 Å². The van der Waals surface area contributed by atoms with E-state index in [0.717, 1.165) is 4.90 Å². The Bertz CT molecular complexity index is 1140. The summed E-state index contributed by atoms with van der Waals surface area (Å²) in [6, 6.07) is 16.3. The van der Waals surface area contributed by atoms with Crippen molar-refractivity contribution in [1.82, 2.24) is 25.1 Å². The largest absolute Gasteiger partial charge is 0.508 e. The number of aromatic amines is 1. The number of hydrogen-bond donors (Lipinski definition) is 2. The summed E-state index contributed by atoms with van der Waals surface area (Å²) in [5, 5.41) is 18.9. The number of rotatable bonds is 6. The fraction of sp³-hybridized carbons (Fsp3) is 0.0526. The van der Waals surface area contributed by atoms with Crippen LogP contribution in [0.1, 0.15) is 0 Å². The zero-order valence-corrected chi connectivity index (χ0v) is 17.4. The molecule has 0 saturated heterocycles. The molecule has 0 saturated carbocycles. The predicted octanol–water partition coefficient (Wildman–Crippen LogP) is 4.93. The minimum absolute atomic E-state index is 0.0788. The van der Waals surface area contributed by atoms with Crippen molar-refractivity contribution >= 4 is 35.1 Å². The van der Waals surface area contributed by atoms with Gasteiger partial charge in [-0.2, -0.15) is 0 Å². The number of halogens is 1. The minimum atomic E-state index is 0.0788. The summed E-state index contributed by atoms with van der Waals surface area (Å²) in [4.78, 5) is 14.3. The van der Waals surface area contributed by atoms with E-state index in [1.54, 1.807) is 18.2 Å². The molecule has 0 spiro atoms. The van der Waals surface area contributed by atoms with Gasteiger partial charge in [-0.25, -0.2) is 15.0 Å². The fourth-order valence-corrected chi connectivity index (χ4v) is 4.29. The number of phenols is 1. The Hall–Kier alpha value is -2.75. The molecule has 0 aliphatic heterocycles. The molecule has 7 nitrogen and oxygen atoms in total. The van der Waals surface area contributed by atoms with Crippen LogP contribution in [0.3, 0.4) is 0 Å². The third-order valence-electron chi connectivity index (χ3n) is 3.66. The molecule has 0 aliphatic carbocycles. The van der Waals surface area contributed by atoms with E-state index in [2.05, 4.69) is 25.1 Å². The Morgan fingerprint density at radius 3 is 2.59 bits per heavy atom. The third kappa shape index (κ3) is 5.00. The molecule has 0 aliphatic rings. The molecule has 4 rings (SSSR count). The number of hydrogen-bond acceptors (Lipinski definition) is 8. The molecule has 2 aromatic carbocycles. The van der Waals surface area contributed by atoms with E-state index < -0.39 is 0 Å². The molecule has 10 heteroatoms. The first kappa shape index (κ1) is 19.6. The second-order valence-electron chi connectivity index (χ2n) is 5.71. The quantitative estimate of drug-likeness (QED) is 0.319. The Labute approximate surface area is 179 Å². The molecule has 0 amide bonds. The number of nitrogens with one attached hydrogen (secondary N) is 1. The highest BCUT2D eigenvalue weighted by atomic mass is 35.5. The highest BCUT2D eigenvalue weighted by Gasteiger charge is 2.12. The number of benzene rings is 2. The van der Waals surface area contributed by atoms with Crippen molar-refractivity contribution in [3.05, 3.63) is 59.8 Å². The predicted molar refractivity (Wildman–Crippen MR) is 112 cm³/mol. The first-order valence-electron chi connectivity index (χ1n) is 8.35. The van der Waals surface area contributed by atoms with Crippen LogP contribution in [-0.4, -0.2) is 37.4 Å². The maximum atomic E-state index is 9.83. The van der Waals surface area contributed by atoms with Crippen molar-refractivity contribution in [1.29, 1.82) is 0 Å². The van der Waals surface area contributed by atoms with Gasteiger partial charge in [0.15, 0.2) is 11.0 Å². The minimum Gasteiger partial charge on any atom is -0.508 e. The van der Waals surface area contributed by atoms with Gasteiger partial charge in [0.1, 0.15) is 21.7 Å². The van der Waals surface area contributed by atoms with E-state index in [0.29, 0.717) is 37.6 Å².